The number of nitrogens with zero attached hydrogens (tertiary/aromatic N) is 4. The van der Waals surface area contributed by atoms with Gasteiger partial charge in [-0.15, -0.1) is 0 Å². The van der Waals surface area contributed by atoms with Crippen LogP contribution in [0.25, 0.3) is 90.1 Å². The van der Waals surface area contributed by atoms with E-state index in [4.69, 9.17) is 24.4 Å². The number of hydrogen-bond acceptors (Lipinski definition) is 5. The second kappa shape index (κ2) is 13.1. The third kappa shape index (κ3) is 6.09. The molecule has 0 atom stereocenters. The van der Waals surface area contributed by atoms with E-state index in [-0.39, 0.29) is 0 Å². The van der Waals surface area contributed by atoms with Gasteiger partial charge in [0.2, 0.25) is 5.89 Å². The molecule has 9 aromatic rings. The predicted octanol–water partition coefficient (Wildman–Crippen LogP) is 11.7. The molecule has 240 valence electrons. The van der Waals surface area contributed by atoms with Crippen LogP contribution in [0.3, 0.4) is 0 Å². The Morgan fingerprint density at radius 2 is 0.706 bits per heavy atom. The minimum atomic E-state index is 0.581. The SMILES string of the molecule is c1ccc(-c2ccc(-c3ccc(-c4nc5c(-c6cccc(-c7nc(-c8ccccc8)nc(-c8ccccc8)n7)c6)cccc5o4)cc3)cc2)cc1. The van der Waals surface area contributed by atoms with Gasteiger partial charge in [0.05, 0.1) is 0 Å². The van der Waals surface area contributed by atoms with E-state index >= 15 is 0 Å². The van der Waals surface area contributed by atoms with E-state index in [1.165, 1.54) is 11.1 Å². The molecule has 0 N–H and O–H groups in total. The van der Waals surface area contributed by atoms with Crippen LogP contribution in [0.4, 0.5) is 0 Å². The Morgan fingerprint density at radius 1 is 0.294 bits per heavy atom. The highest BCUT2D eigenvalue weighted by atomic mass is 16.3. The number of rotatable bonds is 7. The van der Waals surface area contributed by atoms with Crippen LogP contribution in [-0.2, 0) is 0 Å². The molecule has 0 radical (unpaired) electrons. The number of hydrogen-bond donors (Lipinski definition) is 0. The molecule has 0 amide bonds. The average molecular weight is 655 g/mol. The van der Waals surface area contributed by atoms with E-state index in [9.17, 15) is 0 Å². The number of oxazole rings is 1. The van der Waals surface area contributed by atoms with Gasteiger partial charge in [0.25, 0.3) is 0 Å². The summed E-state index contributed by atoms with van der Waals surface area (Å²) in [4.78, 5) is 19.7. The van der Waals surface area contributed by atoms with Gasteiger partial charge < -0.3 is 4.42 Å². The summed E-state index contributed by atoms with van der Waals surface area (Å²) in [6.45, 7) is 0. The van der Waals surface area contributed by atoms with Gasteiger partial charge in [-0.1, -0.05) is 158 Å². The zero-order valence-corrected chi connectivity index (χ0v) is 27.5. The Balaban J connectivity index is 1.04. The summed E-state index contributed by atoms with van der Waals surface area (Å²) in [5.41, 5.74) is 11.9. The topological polar surface area (TPSA) is 64.7 Å². The smallest absolute Gasteiger partial charge is 0.227 e. The number of para-hydroxylation sites is 1. The Labute approximate surface area is 295 Å². The van der Waals surface area contributed by atoms with E-state index in [0.29, 0.717) is 23.4 Å². The van der Waals surface area contributed by atoms with Crippen molar-refractivity contribution in [3.8, 4) is 79.0 Å². The largest absolute Gasteiger partial charge is 0.436 e. The third-order valence-corrected chi connectivity index (χ3v) is 9.01. The first kappa shape index (κ1) is 30.1. The quantitative estimate of drug-likeness (QED) is 0.171. The van der Waals surface area contributed by atoms with Gasteiger partial charge >= 0.3 is 0 Å². The highest BCUT2D eigenvalue weighted by Gasteiger charge is 2.16. The van der Waals surface area contributed by atoms with E-state index < -0.39 is 0 Å². The van der Waals surface area contributed by atoms with Crippen molar-refractivity contribution < 1.29 is 4.42 Å². The van der Waals surface area contributed by atoms with Gasteiger partial charge in [0.15, 0.2) is 23.1 Å². The lowest BCUT2D eigenvalue weighted by Gasteiger charge is -2.09. The second-order valence-electron chi connectivity index (χ2n) is 12.3. The molecule has 0 fully saturated rings. The first-order valence-corrected chi connectivity index (χ1v) is 16.9. The molecule has 0 aliphatic heterocycles. The van der Waals surface area contributed by atoms with E-state index in [1.807, 2.05) is 91.0 Å². The van der Waals surface area contributed by atoms with Crippen LogP contribution in [0.2, 0.25) is 0 Å². The molecule has 0 spiro atoms. The standard InChI is InChI=1S/C46H30N4O/c1-4-12-31(13-5-1)32-22-24-33(25-23-32)34-26-28-37(29-27-34)46-47-42-40(20-11-21-41(42)51-46)38-18-10-19-39(30-38)45-49-43(35-14-6-2-7-15-35)48-44(50-45)36-16-8-3-9-17-36/h1-30H. The fraction of sp³-hybridized carbons (Fsp3) is 0. The highest BCUT2D eigenvalue weighted by Crippen LogP contribution is 2.35. The van der Waals surface area contributed by atoms with Crippen molar-refractivity contribution in [2.45, 2.75) is 0 Å². The fourth-order valence-electron chi connectivity index (χ4n) is 6.36. The number of aromatic nitrogens is 4. The molecule has 0 aliphatic carbocycles. The van der Waals surface area contributed by atoms with Crippen molar-refractivity contribution in [3.63, 3.8) is 0 Å². The molecule has 9 rings (SSSR count). The van der Waals surface area contributed by atoms with Crippen molar-refractivity contribution in [2.75, 3.05) is 0 Å². The molecular weight excluding hydrogens is 625 g/mol. The van der Waals surface area contributed by atoms with Crippen LogP contribution < -0.4 is 0 Å². The molecule has 51 heavy (non-hydrogen) atoms. The zero-order chi connectivity index (χ0) is 34.0. The summed E-state index contributed by atoms with van der Waals surface area (Å²) in [6, 6.07) is 61.8. The first-order valence-electron chi connectivity index (χ1n) is 16.9. The number of benzene rings is 7. The van der Waals surface area contributed by atoms with Gasteiger partial charge in [0.1, 0.15) is 5.52 Å². The third-order valence-electron chi connectivity index (χ3n) is 9.01. The van der Waals surface area contributed by atoms with E-state index in [2.05, 4.69) is 91.0 Å². The Hall–Kier alpha value is -6.98. The van der Waals surface area contributed by atoms with Crippen LogP contribution >= 0.6 is 0 Å². The highest BCUT2D eigenvalue weighted by molar-refractivity contribution is 5.93. The minimum absolute atomic E-state index is 0.581. The Morgan fingerprint density at radius 3 is 1.25 bits per heavy atom. The van der Waals surface area contributed by atoms with Crippen molar-refractivity contribution in [1.29, 1.82) is 0 Å². The molecule has 0 saturated heterocycles. The maximum Gasteiger partial charge on any atom is 0.227 e. The number of fused-ring (bicyclic) bond motifs is 1. The van der Waals surface area contributed by atoms with Crippen LogP contribution in [0.15, 0.2) is 186 Å². The van der Waals surface area contributed by atoms with Gasteiger partial charge in [-0.2, -0.15) is 0 Å². The molecule has 0 saturated carbocycles. The maximum absolute atomic E-state index is 6.33. The van der Waals surface area contributed by atoms with Gasteiger partial charge in [-0.05, 0) is 52.1 Å². The van der Waals surface area contributed by atoms with Gasteiger partial charge in [-0.3, -0.25) is 0 Å². The summed E-state index contributed by atoms with van der Waals surface area (Å²) in [6.07, 6.45) is 0. The van der Waals surface area contributed by atoms with Crippen molar-refractivity contribution in [1.82, 2.24) is 19.9 Å². The fourth-order valence-corrected chi connectivity index (χ4v) is 6.36. The monoisotopic (exact) mass is 654 g/mol. The van der Waals surface area contributed by atoms with Crippen molar-refractivity contribution >= 4 is 11.1 Å². The molecule has 2 aromatic heterocycles. The molecule has 7 aromatic carbocycles. The normalized spacial score (nSPS) is 11.1. The lowest BCUT2D eigenvalue weighted by molar-refractivity contribution is 0.620. The Kier molecular flexibility index (Phi) is 7.76. The summed E-state index contributed by atoms with van der Waals surface area (Å²) >= 11 is 0. The van der Waals surface area contributed by atoms with E-state index in [1.54, 1.807) is 0 Å². The lowest BCUT2D eigenvalue weighted by atomic mass is 9.99. The van der Waals surface area contributed by atoms with E-state index in [0.717, 1.165) is 55.6 Å². The van der Waals surface area contributed by atoms with Crippen LogP contribution in [0.5, 0.6) is 0 Å². The van der Waals surface area contributed by atoms with Gasteiger partial charge in [0, 0.05) is 27.8 Å². The molecule has 0 aliphatic rings. The first-order chi connectivity index (χ1) is 25.2. The van der Waals surface area contributed by atoms with Crippen molar-refractivity contribution in [3.05, 3.63) is 182 Å². The molecule has 2 heterocycles. The summed E-state index contributed by atoms with van der Waals surface area (Å²) in [7, 11) is 0. The van der Waals surface area contributed by atoms with Crippen LogP contribution in [0, 0.1) is 0 Å². The van der Waals surface area contributed by atoms with Crippen molar-refractivity contribution in [2.24, 2.45) is 0 Å². The summed E-state index contributed by atoms with van der Waals surface area (Å²) in [5, 5.41) is 0. The minimum Gasteiger partial charge on any atom is -0.436 e. The predicted molar refractivity (Wildman–Crippen MR) is 205 cm³/mol. The second-order valence-corrected chi connectivity index (χ2v) is 12.3. The molecule has 0 unspecified atom stereocenters. The zero-order valence-electron chi connectivity index (χ0n) is 27.5. The average Bonchev–Trinajstić information content (AvgIpc) is 3.67. The maximum atomic E-state index is 6.33. The molecule has 0 bridgehead atoms. The molecular formula is C46H30N4O. The van der Waals surface area contributed by atoms with Gasteiger partial charge in [-0.25, -0.2) is 19.9 Å². The van der Waals surface area contributed by atoms with Crippen LogP contribution in [0.1, 0.15) is 0 Å². The summed E-state index contributed by atoms with van der Waals surface area (Å²) < 4.78 is 6.33. The molecule has 5 heteroatoms. The summed E-state index contributed by atoms with van der Waals surface area (Å²) in [5.74, 6) is 2.44. The molecule has 5 nitrogen and oxygen atoms in total. The van der Waals surface area contributed by atoms with Crippen LogP contribution in [-0.4, -0.2) is 19.9 Å². The lowest BCUT2D eigenvalue weighted by Crippen LogP contribution is -2.00. The Bertz CT molecular complexity index is 2540.